The highest BCUT2D eigenvalue weighted by atomic mass is 32.1. The van der Waals surface area contributed by atoms with Crippen molar-refractivity contribution in [3.05, 3.63) is 23.2 Å². The summed E-state index contributed by atoms with van der Waals surface area (Å²) >= 11 is 1.51. The van der Waals surface area contributed by atoms with Crippen LogP contribution in [0.15, 0.2) is 11.7 Å². The predicted octanol–water partition coefficient (Wildman–Crippen LogP) is 3.00. The van der Waals surface area contributed by atoms with Crippen LogP contribution in [0.1, 0.15) is 56.1 Å². The first-order chi connectivity index (χ1) is 9.83. The van der Waals surface area contributed by atoms with Crippen LogP contribution in [0.2, 0.25) is 0 Å². The van der Waals surface area contributed by atoms with E-state index in [0.29, 0.717) is 11.2 Å². The van der Waals surface area contributed by atoms with E-state index in [1.807, 2.05) is 11.7 Å². The van der Waals surface area contributed by atoms with E-state index in [2.05, 4.69) is 19.7 Å². The van der Waals surface area contributed by atoms with Crippen LogP contribution < -0.4 is 5.73 Å². The van der Waals surface area contributed by atoms with Gasteiger partial charge in [-0.15, -0.1) is 21.5 Å². The average molecular weight is 291 g/mol. The minimum Gasteiger partial charge on any atom is -0.375 e. The normalized spacial score (nSPS) is 16.6. The Hall–Kier alpha value is -1.43. The third kappa shape index (κ3) is 3.17. The molecule has 0 spiro atoms. The second-order valence-electron chi connectivity index (χ2n) is 5.48. The van der Waals surface area contributed by atoms with Gasteiger partial charge in [0.1, 0.15) is 12.2 Å². The minimum atomic E-state index is 0.615. The lowest BCUT2D eigenvalue weighted by atomic mass is 9.95. The van der Waals surface area contributed by atoms with Crippen molar-refractivity contribution in [1.82, 2.24) is 19.7 Å². The number of aromatic nitrogens is 4. The molecule has 1 aliphatic carbocycles. The Morgan fingerprint density at radius 3 is 2.85 bits per heavy atom. The van der Waals surface area contributed by atoms with Crippen molar-refractivity contribution in [2.45, 2.75) is 57.4 Å². The Morgan fingerprint density at radius 2 is 2.10 bits per heavy atom. The number of nitrogens with two attached hydrogens (primary N) is 1. The molecule has 2 heterocycles. The molecule has 0 saturated heterocycles. The molecule has 0 radical (unpaired) electrons. The molecular formula is C14H21N5S. The fraction of sp³-hybridized carbons (Fsp3) is 0.643. The topological polar surface area (TPSA) is 69.6 Å². The Labute approximate surface area is 123 Å². The van der Waals surface area contributed by atoms with E-state index < -0.39 is 0 Å². The predicted molar refractivity (Wildman–Crippen MR) is 80.7 cm³/mol. The molecule has 0 aliphatic heterocycles. The molecule has 0 atom stereocenters. The largest absolute Gasteiger partial charge is 0.375 e. The number of rotatable bonds is 5. The molecule has 0 aromatic carbocycles. The van der Waals surface area contributed by atoms with Gasteiger partial charge in [0, 0.05) is 17.8 Å². The van der Waals surface area contributed by atoms with Gasteiger partial charge in [0.25, 0.3) is 0 Å². The van der Waals surface area contributed by atoms with Crippen LogP contribution in [0.3, 0.4) is 0 Å². The van der Waals surface area contributed by atoms with E-state index >= 15 is 0 Å². The second kappa shape index (κ2) is 6.35. The standard InChI is InChI=1S/C14H21N5S/c15-14-17-11(9-20-14)5-4-8-13-18-16-10-19(13)12-6-2-1-3-7-12/h9-10,12H,1-8H2,(H2,15,17). The number of nitrogen functional groups attached to an aromatic ring is 1. The van der Waals surface area contributed by atoms with Gasteiger partial charge in [-0.05, 0) is 25.7 Å². The van der Waals surface area contributed by atoms with E-state index in [-0.39, 0.29) is 0 Å². The van der Waals surface area contributed by atoms with Crippen molar-refractivity contribution in [3.63, 3.8) is 0 Å². The van der Waals surface area contributed by atoms with Crippen LogP contribution in [0.4, 0.5) is 5.13 Å². The van der Waals surface area contributed by atoms with Gasteiger partial charge < -0.3 is 10.3 Å². The van der Waals surface area contributed by atoms with Crippen LogP contribution >= 0.6 is 11.3 Å². The maximum atomic E-state index is 5.65. The van der Waals surface area contributed by atoms with Gasteiger partial charge in [0.15, 0.2) is 5.13 Å². The molecular weight excluding hydrogens is 270 g/mol. The summed E-state index contributed by atoms with van der Waals surface area (Å²) in [4.78, 5) is 4.30. The lowest BCUT2D eigenvalue weighted by Gasteiger charge is -2.23. The van der Waals surface area contributed by atoms with E-state index in [1.54, 1.807) is 0 Å². The van der Waals surface area contributed by atoms with Gasteiger partial charge in [0.05, 0.1) is 5.69 Å². The molecule has 2 N–H and O–H groups in total. The summed E-state index contributed by atoms with van der Waals surface area (Å²) in [6, 6.07) is 0.615. The highest BCUT2D eigenvalue weighted by molar-refractivity contribution is 7.13. The van der Waals surface area contributed by atoms with E-state index in [1.165, 1.54) is 43.4 Å². The second-order valence-corrected chi connectivity index (χ2v) is 6.37. The summed E-state index contributed by atoms with van der Waals surface area (Å²) in [6.07, 6.45) is 11.5. The monoisotopic (exact) mass is 291 g/mol. The number of hydrogen-bond donors (Lipinski definition) is 1. The highest BCUT2D eigenvalue weighted by Gasteiger charge is 2.18. The number of hydrogen-bond acceptors (Lipinski definition) is 5. The van der Waals surface area contributed by atoms with Crippen LogP contribution in [0.25, 0.3) is 0 Å². The first-order valence-corrected chi connectivity index (χ1v) is 8.29. The summed E-state index contributed by atoms with van der Waals surface area (Å²) in [5.41, 5.74) is 6.74. The van der Waals surface area contributed by atoms with Crippen LogP contribution in [-0.4, -0.2) is 19.7 Å². The molecule has 1 fully saturated rings. The molecule has 1 saturated carbocycles. The molecule has 20 heavy (non-hydrogen) atoms. The molecule has 5 nitrogen and oxygen atoms in total. The van der Waals surface area contributed by atoms with Crippen LogP contribution in [0.5, 0.6) is 0 Å². The summed E-state index contributed by atoms with van der Waals surface area (Å²) in [5, 5.41) is 11.1. The van der Waals surface area contributed by atoms with Gasteiger partial charge in [-0.2, -0.15) is 0 Å². The van der Waals surface area contributed by atoms with Crippen molar-refractivity contribution in [2.75, 3.05) is 5.73 Å². The zero-order chi connectivity index (χ0) is 13.8. The van der Waals surface area contributed by atoms with E-state index in [9.17, 15) is 0 Å². The van der Waals surface area contributed by atoms with Crippen molar-refractivity contribution in [1.29, 1.82) is 0 Å². The molecule has 1 aliphatic rings. The molecule has 0 unspecified atom stereocenters. The first-order valence-electron chi connectivity index (χ1n) is 7.41. The molecule has 0 amide bonds. The molecule has 2 aromatic heterocycles. The van der Waals surface area contributed by atoms with Gasteiger partial charge in [-0.25, -0.2) is 4.98 Å². The quantitative estimate of drug-likeness (QED) is 0.919. The molecule has 3 rings (SSSR count). The lowest BCUT2D eigenvalue weighted by Crippen LogP contribution is -2.15. The number of nitrogens with zero attached hydrogens (tertiary/aromatic N) is 4. The number of aryl methyl sites for hydroxylation is 2. The third-order valence-corrected chi connectivity index (χ3v) is 4.74. The van der Waals surface area contributed by atoms with Gasteiger partial charge in [-0.1, -0.05) is 19.3 Å². The maximum Gasteiger partial charge on any atom is 0.180 e. The Bertz CT molecular complexity index is 541. The summed E-state index contributed by atoms with van der Waals surface area (Å²) in [7, 11) is 0. The van der Waals surface area contributed by atoms with E-state index in [0.717, 1.165) is 30.8 Å². The Morgan fingerprint density at radius 1 is 1.25 bits per heavy atom. The van der Waals surface area contributed by atoms with Crippen molar-refractivity contribution < 1.29 is 0 Å². The smallest absolute Gasteiger partial charge is 0.180 e. The molecule has 108 valence electrons. The Balaban J connectivity index is 1.56. The van der Waals surface area contributed by atoms with Gasteiger partial charge >= 0.3 is 0 Å². The number of anilines is 1. The number of thiazole rings is 1. The highest BCUT2D eigenvalue weighted by Crippen LogP contribution is 2.28. The molecule has 6 heteroatoms. The van der Waals surface area contributed by atoms with Crippen molar-refractivity contribution in [3.8, 4) is 0 Å². The Kier molecular flexibility index (Phi) is 4.30. The van der Waals surface area contributed by atoms with Gasteiger partial charge in [-0.3, -0.25) is 0 Å². The lowest BCUT2D eigenvalue weighted by molar-refractivity contribution is 0.344. The summed E-state index contributed by atoms with van der Waals surface area (Å²) in [5.74, 6) is 1.13. The average Bonchev–Trinajstić information content (AvgIpc) is 3.09. The van der Waals surface area contributed by atoms with Crippen LogP contribution in [-0.2, 0) is 12.8 Å². The van der Waals surface area contributed by atoms with Crippen molar-refractivity contribution >= 4 is 16.5 Å². The van der Waals surface area contributed by atoms with Crippen LogP contribution in [0, 0.1) is 0 Å². The first kappa shape index (κ1) is 13.5. The maximum absolute atomic E-state index is 5.65. The SMILES string of the molecule is Nc1nc(CCCc2nncn2C2CCCCC2)cs1. The van der Waals surface area contributed by atoms with Gasteiger partial charge in [0.2, 0.25) is 0 Å². The molecule has 2 aromatic rings. The molecule has 0 bridgehead atoms. The summed E-state index contributed by atoms with van der Waals surface area (Å²) < 4.78 is 2.30. The fourth-order valence-electron chi connectivity index (χ4n) is 2.97. The fourth-order valence-corrected chi connectivity index (χ4v) is 3.57. The van der Waals surface area contributed by atoms with Crippen molar-refractivity contribution in [2.24, 2.45) is 0 Å². The third-order valence-electron chi connectivity index (χ3n) is 4.02. The summed E-state index contributed by atoms with van der Waals surface area (Å²) in [6.45, 7) is 0. The zero-order valence-corrected chi connectivity index (χ0v) is 12.5. The van der Waals surface area contributed by atoms with E-state index in [4.69, 9.17) is 5.73 Å². The minimum absolute atomic E-state index is 0.615. The zero-order valence-electron chi connectivity index (χ0n) is 11.7.